The number of nitrogens with zero attached hydrogens (tertiary/aromatic N) is 1. The van der Waals surface area contributed by atoms with Crippen LogP contribution < -0.4 is 11.1 Å². The molecule has 0 bridgehead atoms. The first kappa shape index (κ1) is 13.7. The van der Waals surface area contributed by atoms with Gasteiger partial charge in [0.1, 0.15) is 0 Å². The Kier molecular flexibility index (Phi) is 3.96. The first-order valence-electron chi connectivity index (χ1n) is 6.78. The largest absolute Gasteiger partial charge is 0.397 e. The maximum Gasteiger partial charge on any atom is 0.0992 e. The summed E-state index contributed by atoms with van der Waals surface area (Å²) >= 11 is 0. The predicted molar refractivity (Wildman–Crippen MR) is 76.6 cm³/mol. The molecule has 0 amide bonds. The van der Waals surface area contributed by atoms with E-state index in [4.69, 9.17) is 11.0 Å². The van der Waals surface area contributed by atoms with Gasteiger partial charge in [0.25, 0.3) is 0 Å². The highest BCUT2D eigenvalue weighted by Gasteiger charge is 2.32. The lowest BCUT2D eigenvalue weighted by molar-refractivity contribution is -0.000747. The molecule has 1 aliphatic carbocycles. The topological polar surface area (TPSA) is 82.1 Å². The van der Waals surface area contributed by atoms with Gasteiger partial charge in [-0.2, -0.15) is 5.26 Å². The van der Waals surface area contributed by atoms with Gasteiger partial charge in [0.05, 0.1) is 28.6 Å². The molecule has 0 heterocycles. The van der Waals surface area contributed by atoms with Gasteiger partial charge < -0.3 is 16.2 Å². The molecule has 102 valence electrons. The van der Waals surface area contributed by atoms with Crippen LogP contribution in [0.5, 0.6) is 0 Å². The zero-order valence-electron chi connectivity index (χ0n) is 11.3. The standard InChI is InChI=1S/C15H21N3O/c1-11-3-2-6-15(19,8-11)10-18-14-5-4-12(9-16)7-13(14)17/h4-5,7,11,18-19H,2-3,6,8,10,17H2,1H3. The Labute approximate surface area is 114 Å². The van der Waals surface area contributed by atoms with E-state index in [2.05, 4.69) is 18.3 Å². The van der Waals surface area contributed by atoms with Crippen LogP contribution in [0.4, 0.5) is 11.4 Å². The van der Waals surface area contributed by atoms with Crippen LogP contribution >= 0.6 is 0 Å². The molecular weight excluding hydrogens is 238 g/mol. The van der Waals surface area contributed by atoms with E-state index in [-0.39, 0.29) is 0 Å². The molecule has 4 N–H and O–H groups in total. The molecule has 0 spiro atoms. The van der Waals surface area contributed by atoms with Crippen LogP contribution in [0.3, 0.4) is 0 Å². The van der Waals surface area contributed by atoms with Gasteiger partial charge in [0.15, 0.2) is 0 Å². The molecule has 4 heteroatoms. The summed E-state index contributed by atoms with van der Waals surface area (Å²) in [5.74, 6) is 0.568. The number of nitriles is 1. The molecule has 1 aromatic rings. The number of nitrogens with one attached hydrogen (secondary N) is 1. The summed E-state index contributed by atoms with van der Waals surface area (Å²) in [7, 11) is 0. The van der Waals surface area contributed by atoms with Crippen molar-refractivity contribution in [1.82, 2.24) is 0 Å². The van der Waals surface area contributed by atoms with Gasteiger partial charge in [-0.25, -0.2) is 0 Å². The Balaban J connectivity index is 2.00. The lowest BCUT2D eigenvalue weighted by Gasteiger charge is -2.36. The smallest absolute Gasteiger partial charge is 0.0992 e. The Bertz CT molecular complexity index is 495. The number of nitrogen functional groups attached to an aromatic ring is 1. The molecule has 0 radical (unpaired) electrons. The van der Waals surface area contributed by atoms with Gasteiger partial charge in [0, 0.05) is 6.54 Å². The molecule has 4 nitrogen and oxygen atoms in total. The van der Waals surface area contributed by atoms with Gasteiger partial charge in [-0.1, -0.05) is 19.8 Å². The number of anilines is 2. The molecule has 0 aromatic heterocycles. The van der Waals surface area contributed by atoms with Crippen molar-refractivity contribution in [2.45, 2.75) is 38.2 Å². The minimum atomic E-state index is -0.641. The summed E-state index contributed by atoms with van der Waals surface area (Å²) < 4.78 is 0. The second-order valence-corrected chi connectivity index (χ2v) is 5.69. The molecule has 0 aliphatic heterocycles. The lowest BCUT2D eigenvalue weighted by Crippen LogP contribution is -2.41. The number of hydrogen-bond acceptors (Lipinski definition) is 4. The molecule has 2 rings (SSSR count). The predicted octanol–water partition coefficient (Wildman–Crippen LogP) is 2.49. The van der Waals surface area contributed by atoms with E-state index in [0.717, 1.165) is 24.9 Å². The normalized spacial score (nSPS) is 26.7. The highest BCUT2D eigenvalue weighted by Crippen LogP contribution is 2.32. The van der Waals surface area contributed by atoms with Crippen LogP contribution in [0, 0.1) is 17.2 Å². The van der Waals surface area contributed by atoms with E-state index in [9.17, 15) is 5.11 Å². The SMILES string of the molecule is CC1CCCC(O)(CNc2ccc(C#N)cc2N)C1. The second-order valence-electron chi connectivity index (χ2n) is 5.69. The summed E-state index contributed by atoms with van der Waals surface area (Å²) in [4.78, 5) is 0. The molecule has 19 heavy (non-hydrogen) atoms. The van der Waals surface area contributed by atoms with E-state index in [1.165, 1.54) is 6.42 Å². The molecule has 1 fully saturated rings. The van der Waals surface area contributed by atoms with Crippen molar-refractivity contribution < 1.29 is 5.11 Å². The summed E-state index contributed by atoms with van der Waals surface area (Å²) in [6, 6.07) is 7.23. The van der Waals surface area contributed by atoms with E-state index in [0.29, 0.717) is 23.7 Å². The van der Waals surface area contributed by atoms with Crippen molar-refractivity contribution >= 4 is 11.4 Å². The number of aliphatic hydroxyl groups is 1. The van der Waals surface area contributed by atoms with Crippen LogP contribution in [-0.4, -0.2) is 17.3 Å². The van der Waals surface area contributed by atoms with Crippen molar-refractivity contribution in [1.29, 1.82) is 5.26 Å². The highest BCUT2D eigenvalue weighted by atomic mass is 16.3. The van der Waals surface area contributed by atoms with Crippen molar-refractivity contribution in [3.63, 3.8) is 0 Å². The third-order valence-electron chi connectivity index (χ3n) is 3.86. The van der Waals surface area contributed by atoms with Crippen molar-refractivity contribution in [2.24, 2.45) is 5.92 Å². The van der Waals surface area contributed by atoms with E-state index >= 15 is 0 Å². The quantitative estimate of drug-likeness (QED) is 0.728. The third kappa shape index (κ3) is 3.39. The fourth-order valence-corrected chi connectivity index (χ4v) is 2.85. The molecule has 1 aromatic carbocycles. The molecule has 2 atom stereocenters. The van der Waals surface area contributed by atoms with Crippen LogP contribution in [0.1, 0.15) is 38.2 Å². The zero-order chi connectivity index (χ0) is 13.9. The Morgan fingerprint density at radius 1 is 1.58 bits per heavy atom. The Morgan fingerprint density at radius 3 is 3.00 bits per heavy atom. The molecule has 1 aliphatic rings. The maximum atomic E-state index is 10.5. The van der Waals surface area contributed by atoms with E-state index < -0.39 is 5.60 Å². The van der Waals surface area contributed by atoms with Gasteiger partial charge in [-0.05, 0) is 37.0 Å². The molecular formula is C15H21N3O. The maximum absolute atomic E-state index is 10.5. The average molecular weight is 259 g/mol. The number of rotatable bonds is 3. The number of nitrogens with two attached hydrogens (primary N) is 1. The van der Waals surface area contributed by atoms with Gasteiger partial charge in [-0.3, -0.25) is 0 Å². The fourth-order valence-electron chi connectivity index (χ4n) is 2.85. The van der Waals surface area contributed by atoms with Gasteiger partial charge >= 0.3 is 0 Å². The number of hydrogen-bond donors (Lipinski definition) is 3. The van der Waals surface area contributed by atoms with Crippen molar-refractivity contribution in [2.75, 3.05) is 17.6 Å². The minimum absolute atomic E-state index is 0.507. The second kappa shape index (κ2) is 5.50. The summed E-state index contributed by atoms with van der Waals surface area (Å²) in [6.45, 7) is 2.69. The van der Waals surface area contributed by atoms with E-state index in [1.54, 1.807) is 18.2 Å². The Morgan fingerprint density at radius 2 is 2.37 bits per heavy atom. The zero-order valence-corrected chi connectivity index (χ0v) is 11.3. The first-order chi connectivity index (χ1) is 9.02. The lowest BCUT2D eigenvalue weighted by atomic mass is 9.79. The van der Waals surface area contributed by atoms with Crippen LogP contribution in [0.2, 0.25) is 0 Å². The number of benzene rings is 1. The Hall–Kier alpha value is -1.73. The minimum Gasteiger partial charge on any atom is -0.397 e. The summed E-state index contributed by atoms with van der Waals surface area (Å²) in [5.41, 5.74) is 7.13. The van der Waals surface area contributed by atoms with Crippen LogP contribution in [-0.2, 0) is 0 Å². The molecule has 1 saturated carbocycles. The first-order valence-corrected chi connectivity index (χ1v) is 6.78. The average Bonchev–Trinajstić information content (AvgIpc) is 2.37. The summed E-state index contributed by atoms with van der Waals surface area (Å²) in [6.07, 6.45) is 3.93. The van der Waals surface area contributed by atoms with Crippen molar-refractivity contribution in [3.05, 3.63) is 23.8 Å². The van der Waals surface area contributed by atoms with Crippen LogP contribution in [0.25, 0.3) is 0 Å². The monoisotopic (exact) mass is 259 g/mol. The van der Waals surface area contributed by atoms with Gasteiger partial charge in [-0.15, -0.1) is 0 Å². The molecule has 2 unspecified atom stereocenters. The van der Waals surface area contributed by atoms with Gasteiger partial charge in [0.2, 0.25) is 0 Å². The van der Waals surface area contributed by atoms with Crippen LogP contribution in [0.15, 0.2) is 18.2 Å². The van der Waals surface area contributed by atoms with E-state index in [1.807, 2.05) is 0 Å². The third-order valence-corrected chi connectivity index (χ3v) is 3.86. The summed E-state index contributed by atoms with van der Waals surface area (Å²) in [5, 5.41) is 22.5. The highest BCUT2D eigenvalue weighted by molar-refractivity contribution is 5.68. The molecule has 0 saturated heterocycles. The van der Waals surface area contributed by atoms with Crippen molar-refractivity contribution in [3.8, 4) is 6.07 Å². The fraction of sp³-hybridized carbons (Fsp3) is 0.533.